The van der Waals surface area contributed by atoms with Gasteiger partial charge >= 0.3 is 0 Å². The van der Waals surface area contributed by atoms with Gasteiger partial charge in [-0.25, -0.2) is 0 Å². The van der Waals surface area contributed by atoms with Crippen LogP contribution in [0.2, 0.25) is 0 Å². The van der Waals surface area contributed by atoms with Gasteiger partial charge < -0.3 is 10.2 Å². The maximum absolute atomic E-state index is 12.5. The lowest BCUT2D eigenvalue weighted by molar-refractivity contribution is -0.130. The summed E-state index contributed by atoms with van der Waals surface area (Å²) in [7, 11) is 0. The van der Waals surface area contributed by atoms with Gasteiger partial charge in [0.05, 0.1) is 0 Å². The van der Waals surface area contributed by atoms with Crippen LogP contribution in [0.4, 0.5) is 0 Å². The van der Waals surface area contributed by atoms with Gasteiger partial charge in [-0.3, -0.25) is 14.7 Å². The molecule has 3 heterocycles. The van der Waals surface area contributed by atoms with Crippen LogP contribution in [-0.2, 0) is 4.79 Å². The summed E-state index contributed by atoms with van der Waals surface area (Å²) in [4.78, 5) is 21.3. The molecule has 136 valence electrons. The molecular formula is C17H28Cl2N4O. The maximum atomic E-state index is 12.5. The molecule has 0 spiro atoms. The summed E-state index contributed by atoms with van der Waals surface area (Å²) in [5.74, 6) is 0.522. The number of nitrogens with one attached hydrogen (secondary N) is 1. The number of pyridine rings is 1. The molecule has 0 bridgehead atoms. The number of carbonyl (C=O) groups is 1. The predicted molar refractivity (Wildman–Crippen MR) is 101 cm³/mol. The van der Waals surface area contributed by atoms with E-state index in [1.54, 1.807) is 6.20 Å². The number of likely N-dealkylation sites (tertiary alicyclic amines) is 1. The largest absolute Gasteiger partial charge is 0.341 e. The lowest BCUT2D eigenvalue weighted by atomic mass is 9.99. The van der Waals surface area contributed by atoms with E-state index < -0.39 is 0 Å². The Kier molecular flexibility index (Phi) is 8.98. The van der Waals surface area contributed by atoms with Crippen molar-refractivity contribution in [2.24, 2.45) is 0 Å². The number of amides is 1. The zero-order valence-corrected chi connectivity index (χ0v) is 15.8. The molecule has 24 heavy (non-hydrogen) atoms. The second kappa shape index (κ2) is 10.2. The molecule has 2 saturated heterocycles. The number of carbonyl (C=O) groups excluding carboxylic acids is 1. The molecule has 2 aliphatic rings. The monoisotopic (exact) mass is 374 g/mol. The highest BCUT2D eigenvalue weighted by atomic mass is 35.5. The molecule has 0 saturated carbocycles. The van der Waals surface area contributed by atoms with Crippen LogP contribution in [-0.4, -0.2) is 66.0 Å². The van der Waals surface area contributed by atoms with E-state index >= 15 is 0 Å². The van der Waals surface area contributed by atoms with E-state index in [1.165, 1.54) is 0 Å². The third-order valence-electron chi connectivity index (χ3n) is 4.92. The van der Waals surface area contributed by atoms with Crippen molar-refractivity contribution in [3.63, 3.8) is 0 Å². The van der Waals surface area contributed by atoms with E-state index in [1.807, 2.05) is 12.3 Å². The van der Waals surface area contributed by atoms with Crippen LogP contribution in [0.3, 0.4) is 0 Å². The van der Waals surface area contributed by atoms with Gasteiger partial charge in [-0.1, -0.05) is 13.0 Å². The number of piperazine rings is 1. The Balaban J connectivity index is 0.00000144. The van der Waals surface area contributed by atoms with Crippen LogP contribution >= 0.6 is 24.8 Å². The molecule has 1 aromatic heterocycles. The molecule has 1 N–H and O–H groups in total. The highest BCUT2D eigenvalue weighted by molar-refractivity contribution is 5.85. The van der Waals surface area contributed by atoms with Gasteiger partial charge in [0.25, 0.3) is 0 Å². The van der Waals surface area contributed by atoms with Crippen molar-refractivity contribution in [1.29, 1.82) is 0 Å². The highest BCUT2D eigenvalue weighted by Crippen LogP contribution is 2.22. The minimum absolute atomic E-state index is 0. The predicted octanol–water partition coefficient (Wildman–Crippen LogP) is 1.92. The normalized spacial score (nSPS) is 22.4. The molecule has 1 amide bonds. The third kappa shape index (κ3) is 5.31. The highest BCUT2D eigenvalue weighted by Gasteiger charge is 2.31. The van der Waals surface area contributed by atoms with Crippen molar-refractivity contribution in [3.8, 4) is 0 Å². The van der Waals surface area contributed by atoms with Gasteiger partial charge in [-0.2, -0.15) is 0 Å². The molecular weight excluding hydrogens is 347 g/mol. The zero-order valence-electron chi connectivity index (χ0n) is 14.2. The number of aromatic nitrogens is 1. The lowest BCUT2D eigenvalue weighted by Gasteiger charge is -2.32. The van der Waals surface area contributed by atoms with E-state index in [0.29, 0.717) is 12.5 Å². The van der Waals surface area contributed by atoms with Gasteiger partial charge in [-0.15, -0.1) is 24.8 Å². The third-order valence-corrected chi connectivity index (χ3v) is 4.92. The Hall–Kier alpha value is -0.880. The standard InChI is InChI=1S/C17H26N4O.2ClH/c1-14(15-3-2-5-19-12-15)11-17(22)21-8-4-16(13-21)20-9-6-18-7-10-20;;/h2-3,5,12,14,16,18H,4,6-11,13H2,1H3;2*1H. The van der Waals surface area contributed by atoms with Crippen molar-refractivity contribution in [1.82, 2.24) is 20.1 Å². The van der Waals surface area contributed by atoms with E-state index in [9.17, 15) is 4.79 Å². The molecule has 7 heteroatoms. The van der Waals surface area contributed by atoms with Crippen LogP contribution in [0.15, 0.2) is 24.5 Å². The number of hydrogen-bond donors (Lipinski definition) is 1. The topological polar surface area (TPSA) is 48.5 Å². The Labute approximate surface area is 157 Å². The van der Waals surface area contributed by atoms with E-state index in [-0.39, 0.29) is 36.6 Å². The van der Waals surface area contributed by atoms with Crippen molar-refractivity contribution >= 4 is 30.7 Å². The van der Waals surface area contributed by atoms with Crippen LogP contribution < -0.4 is 5.32 Å². The lowest BCUT2D eigenvalue weighted by Crippen LogP contribution is -2.49. The fourth-order valence-corrected chi connectivity index (χ4v) is 3.49. The smallest absolute Gasteiger partial charge is 0.223 e. The zero-order chi connectivity index (χ0) is 15.4. The summed E-state index contributed by atoms with van der Waals surface area (Å²) in [6, 6.07) is 4.55. The van der Waals surface area contributed by atoms with Crippen LogP contribution in [0.1, 0.15) is 31.2 Å². The van der Waals surface area contributed by atoms with Crippen LogP contribution in [0.5, 0.6) is 0 Å². The molecule has 2 atom stereocenters. The first-order valence-electron chi connectivity index (χ1n) is 8.36. The summed E-state index contributed by atoms with van der Waals surface area (Å²) in [5, 5.41) is 3.39. The number of hydrogen-bond acceptors (Lipinski definition) is 4. The Bertz CT molecular complexity index is 497. The molecule has 1 aromatic rings. The Morgan fingerprint density at radius 1 is 1.33 bits per heavy atom. The quantitative estimate of drug-likeness (QED) is 0.874. The average Bonchev–Trinajstić information content (AvgIpc) is 3.06. The van der Waals surface area contributed by atoms with Gasteiger partial charge in [-0.05, 0) is 24.0 Å². The van der Waals surface area contributed by atoms with Gasteiger partial charge in [0.1, 0.15) is 0 Å². The van der Waals surface area contributed by atoms with Crippen molar-refractivity contribution in [2.75, 3.05) is 39.3 Å². The SMILES string of the molecule is CC(CC(=O)N1CCC(N2CCNCC2)C1)c1cccnc1.Cl.Cl. The van der Waals surface area contributed by atoms with Gasteiger partial charge in [0, 0.05) is 64.1 Å². The van der Waals surface area contributed by atoms with Gasteiger partial charge in [0.2, 0.25) is 5.91 Å². The Morgan fingerprint density at radius 2 is 2.08 bits per heavy atom. The maximum Gasteiger partial charge on any atom is 0.223 e. The molecule has 2 fully saturated rings. The second-order valence-corrected chi connectivity index (χ2v) is 6.46. The minimum Gasteiger partial charge on any atom is -0.341 e. The molecule has 2 unspecified atom stereocenters. The van der Waals surface area contributed by atoms with Gasteiger partial charge in [0.15, 0.2) is 0 Å². The number of halogens is 2. The average molecular weight is 375 g/mol. The summed E-state index contributed by atoms with van der Waals surface area (Å²) >= 11 is 0. The molecule has 2 aliphatic heterocycles. The van der Waals surface area contributed by atoms with Crippen LogP contribution in [0, 0.1) is 0 Å². The Morgan fingerprint density at radius 3 is 2.75 bits per heavy atom. The van der Waals surface area contributed by atoms with E-state index in [0.717, 1.165) is 51.3 Å². The van der Waals surface area contributed by atoms with Crippen LogP contribution in [0.25, 0.3) is 0 Å². The molecule has 0 aromatic carbocycles. The summed E-state index contributed by atoms with van der Waals surface area (Å²) in [5.41, 5.74) is 1.15. The van der Waals surface area contributed by atoms with Crippen molar-refractivity contribution in [3.05, 3.63) is 30.1 Å². The molecule has 0 radical (unpaired) electrons. The molecule has 0 aliphatic carbocycles. The van der Waals surface area contributed by atoms with E-state index in [4.69, 9.17) is 0 Å². The van der Waals surface area contributed by atoms with E-state index in [2.05, 4.69) is 33.1 Å². The summed E-state index contributed by atoms with van der Waals surface area (Å²) < 4.78 is 0. The van der Waals surface area contributed by atoms with Crippen molar-refractivity contribution < 1.29 is 4.79 Å². The fourth-order valence-electron chi connectivity index (χ4n) is 3.49. The summed E-state index contributed by atoms with van der Waals surface area (Å²) in [6.45, 7) is 8.28. The summed E-state index contributed by atoms with van der Waals surface area (Å²) in [6.07, 6.45) is 5.34. The second-order valence-electron chi connectivity index (χ2n) is 6.46. The first-order chi connectivity index (χ1) is 10.7. The molecule has 5 nitrogen and oxygen atoms in total. The number of rotatable bonds is 4. The number of nitrogens with zero attached hydrogens (tertiary/aromatic N) is 3. The fraction of sp³-hybridized carbons (Fsp3) is 0.647. The first-order valence-corrected chi connectivity index (χ1v) is 8.36. The first kappa shape index (κ1) is 21.2. The molecule has 3 rings (SSSR count). The van der Waals surface area contributed by atoms with Crippen molar-refractivity contribution in [2.45, 2.75) is 31.7 Å². The minimum atomic E-state index is 0.